The third-order valence-corrected chi connectivity index (χ3v) is 3.89. The van der Waals surface area contributed by atoms with Crippen molar-refractivity contribution in [2.45, 2.75) is 26.7 Å². The average Bonchev–Trinajstić information content (AvgIpc) is 3.00. The molecule has 1 N–H and O–H groups in total. The molecule has 0 fully saturated rings. The Labute approximate surface area is 147 Å². The summed E-state index contributed by atoms with van der Waals surface area (Å²) in [5.41, 5.74) is 1.98. The maximum absolute atomic E-state index is 5.62. The molecule has 2 aromatic heterocycles. The quantitative estimate of drug-likeness (QED) is 0.635. The molecule has 1 aromatic carbocycles. The van der Waals surface area contributed by atoms with Crippen LogP contribution in [0.2, 0.25) is 0 Å². The Morgan fingerprint density at radius 1 is 1.12 bits per heavy atom. The van der Waals surface area contributed by atoms with Gasteiger partial charge in [0.1, 0.15) is 5.82 Å². The smallest absolute Gasteiger partial charge is 0.178 e. The number of aromatic nitrogens is 4. The van der Waals surface area contributed by atoms with Gasteiger partial charge in [-0.25, -0.2) is 0 Å². The number of nitrogens with one attached hydrogen (secondary N) is 1. The van der Waals surface area contributed by atoms with Crippen LogP contribution in [0.15, 0.2) is 30.3 Å². The first kappa shape index (κ1) is 17.0. The van der Waals surface area contributed by atoms with Crippen LogP contribution in [0.1, 0.15) is 24.7 Å². The first-order valence-electron chi connectivity index (χ1n) is 8.44. The number of rotatable bonds is 8. The summed E-state index contributed by atoms with van der Waals surface area (Å²) in [7, 11) is 1.66. The first-order valence-corrected chi connectivity index (χ1v) is 8.44. The highest BCUT2D eigenvalue weighted by Crippen LogP contribution is 2.28. The van der Waals surface area contributed by atoms with Gasteiger partial charge in [0, 0.05) is 6.54 Å². The number of methoxy groups -OCH3 is 1. The van der Waals surface area contributed by atoms with Crippen molar-refractivity contribution in [3.05, 3.63) is 41.7 Å². The standard InChI is InChI=1S/C18H23N5O2/c1-4-25-16-12-14(7-8-15(16)24-3)6-5-11-19-17-9-10-18-21-20-13(2)23(18)22-17/h7-10,12H,4-6,11H2,1-3H3,(H,19,22). The Kier molecular flexibility index (Phi) is 5.33. The molecular formula is C18H23N5O2. The number of benzene rings is 1. The summed E-state index contributed by atoms with van der Waals surface area (Å²) in [4.78, 5) is 0. The second-order valence-corrected chi connectivity index (χ2v) is 5.68. The third-order valence-electron chi connectivity index (χ3n) is 3.89. The van der Waals surface area contributed by atoms with Crippen LogP contribution in [-0.2, 0) is 6.42 Å². The Hall–Kier alpha value is -2.83. The minimum atomic E-state index is 0.623. The molecule has 0 aliphatic carbocycles. The van der Waals surface area contributed by atoms with Crippen molar-refractivity contribution in [1.82, 2.24) is 19.8 Å². The predicted molar refractivity (Wildman–Crippen MR) is 96.5 cm³/mol. The van der Waals surface area contributed by atoms with Gasteiger partial charge in [0.2, 0.25) is 0 Å². The van der Waals surface area contributed by atoms with Gasteiger partial charge in [-0.15, -0.1) is 15.3 Å². The number of nitrogens with zero attached hydrogens (tertiary/aromatic N) is 4. The number of anilines is 1. The molecule has 25 heavy (non-hydrogen) atoms. The highest BCUT2D eigenvalue weighted by molar-refractivity contribution is 5.44. The van der Waals surface area contributed by atoms with Gasteiger partial charge in [0.15, 0.2) is 23.0 Å². The van der Waals surface area contributed by atoms with Crippen molar-refractivity contribution in [2.24, 2.45) is 0 Å². The van der Waals surface area contributed by atoms with Crippen LogP contribution in [-0.4, -0.2) is 40.1 Å². The monoisotopic (exact) mass is 341 g/mol. The van der Waals surface area contributed by atoms with Gasteiger partial charge in [0.05, 0.1) is 13.7 Å². The maximum Gasteiger partial charge on any atom is 0.178 e. The Morgan fingerprint density at radius 2 is 2.00 bits per heavy atom. The lowest BCUT2D eigenvalue weighted by Gasteiger charge is -2.11. The molecule has 0 spiro atoms. The largest absolute Gasteiger partial charge is 0.493 e. The van der Waals surface area contributed by atoms with Crippen LogP contribution in [0.25, 0.3) is 5.65 Å². The van der Waals surface area contributed by atoms with Crippen molar-refractivity contribution in [3.8, 4) is 11.5 Å². The summed E-state index contributed by atoms with van der Waals surface area (Å²) in [6.45, 7) is 5.31. The summed E-state index contributed by atoms with van der Waals surface area (Å²) in [6.07, 6.45) is 1.93. The van der Waals surface area contributed by atoms with E-state index < -0.39 is 0 Å². The fourth-order valence-corrected chi connectivity index (χ4v) is 2.64. The second-order valence-electron chi connectivity index (χ2n) is 5.68. The van der Waals surface area contributed by atoms with E-state index in [-0.39, 0.29) is 0 Å². The summed E-state index contributed by atoms with van der Waals surface area (Å²) in [5.74, 6) is 3.16. The van der Waals surface area contributed by atoms with Gasteiger partial charge >= 0.3 is 0 Å². The molecule has 0 aliphatic heterocycles. The Bertz CT molecular complexity index is 847. The van der Waals surface area contributed by atoms with Crippen molar-refractivity contribution in [3.63, 3.8) is 0 Å². The number of aryl methyl sites for hydroxylation is 2. The topological polar surface area (TPSA) is 73.6 Å². The molecule has 0 bridgehead atoms. The van der Waals surface area contributed by atoms with Crippen molar-refractivity contribution in [1.29, 1.82) is 0 Å². The van der Waals surface area contributed by atoms with Gasteiger partial charge in [-0.2, -0.15) is 4.52 Å². The second kappa shape index (κ2) is 7.83. The minimum Gasteiger partial charge on any atom is -0.493 e. The molecule has 7 nitrogen and oxygen atoms in total. The Balaban J connectivity index is 1.55. The molecule has 0 atom stereocenters. The number of ether oxygens (including phenoxy) is 2. The van der Waals surface area contributed by atoms with Crippen LogP contribution in [0.5, 0.6) is 11.5 Å². The highest BCUT2D eigenvalue weighted by Gasteiger charge is 2.06. The van der Waals surface area contributed by atoms with Crippen molar-refractivity contribution < 1.29 is 9.47 Å². The molecule has 0 saturated carbocycles. The van der Waals surface area contributed by atoms with E-state index in [1.54, 1.807) is 11.6 Å². The van der Waals surface area contributed by atoms with Crippen LogP contribution in [0, 0.1) is 6.92 Å². The predicted octanol–water partition coefficient (Wildman–Crippen LogP) is 2.88. The molecule has 3 rings (SSSR count). The maximum atomic E-state index is 5.62. The molecule has 132 valence electrons. The van der Waals surface area contributed by atoms with E-state index in [9.17, 15) is 0 Å². The lowest BCUT2D eigenvalue weighted by Crippen LogP contribution is -2.07. The Morgan fingerprint density at radius 3 is 2.80 bits per heavy atom. The molecule has 0 aliphatic rings. The SMILES string of the molecule is CCOc1cc(CCCNc2ccc3nnc(C)n3n2)ccc1OC. The lowest BCUT2D eigenvalue weighted by molar-refractivity contribution is 0.310. The summed E-state index contributed by atoms with van der Waals surface area (Å²) >= 11 is 0. The van der Waals surface area contributed by atoms with E-state index in [1.165, 1.54) is 5.56 Å². The fourth-order valence-electron chi connectivity index (χ4n) is 2.64. The van der Waals surface area contributed by atoms with E-state index in [0.29, 0.717) is 6.61 Å². The molecule has 0 saturated heterocycles. The van der Waals surface area contributed by atoms with E-state index >= 15 is 0 Å². The van der Waals surface area contributed by atoms with Crippen molar-refractivity contribution >= 4 is 11.5 Å². The minimum absolute atomic E-state index is 0.623. The van der Waals surface area contributed by atoms with Crippen molar-refractivity contribution in [2.75, 3.05) is 25.6 Å². The van der Waals surface area contributed by atoms with E-state index in [0.717, 1.165) is 48.2 Å². The van der Waals surface area contributed by atoms with E-state index in [1.807, 2.05) is 38.1 Å². The van der Waals surface area contributed by atoms with Crippen LogP contribution >= 0.6 is 0 Å². The van der Waals surface area contributed by atoms with Gasteiger partial charge in [0.25, 0.3) is 0 Å². The van der Waals surface area contributed by atoms with E-state index in [2.05, 4.69) is 26.7 Å². The highest BCUT2D eigenvalue weighted by atomic mass is 16.5. The molecule has 0 amide bonds. The van der Waals surface area contributed by atoms with Gasteiger partial charge < -0.3 is 14.8 Å². The molecular weight excluding hydrogens is 318 g/mol. The van der Waals surface area contributed by atoms with E-state index in [4.69, 9.17) is 9.47 Å². The summed E-state index contributed by atoms with van der Waals surface area (Å²) in [5, 5.41) is 15.9. The van der Waals surface area contributed by atoms with Crippen LogP contribution < -0.4 is 14.8 Å². The molecule has 7 heteroatoms. The third kappa shape index (κ3) is 3.99. The zero-order valence-corrected chi connectivity index (χ0v) is 14.8. The van der Waals surface area contributed by atoms with Crippen LogP contribution in [0.4, 0.5) is 5.82 Å². The molecule has 3 aromatic rings. The average molecular weight is 341 g/mol. The first-order chi connectivity index (χ1) is 12.2. The summed E-state index contributed by atoms with van der Waals surface area (Å²) in [6, 6.07) is 9.91. The zero-order chi connectivity index (χ0) is 17.6. The normalized spacial score (nSPS) is 10.8. The lowest BCUT2D eigenvalue weighted by atomic mass is 10.1. The van der Waals surface area contributed by atoms with Gasteiger partial charge in [-0.1, -0.05) is 6.07 Å². The zero-order valence-electron chi connectivity index (χ0n) is 14.8. The number of hydrogen-bond acceptors (Lipinski definition) is 6. The fraction of sp³-hybridized carbons (Fsp3) is 0.389. The number of hydrogen-bond donors (Lipinski definition) is 1. The number of fused-ring (bicyclic) bond motifs is 1. The van der Waals surface area contributed by atoms with Gasteiger partial charge in [-0.05, 0) is 56.5 Å². The van der Waals surface area contributed by atoms with Gasteiger partial charge in [-0.3, -0.25) is 0 Å². The molecule has 2 heterocycles. The summed E-state index contributed by atoms with van der Waals surface area (Å²) < 4.78 is 12.7. The molecule has 0 unspecified atom stereocenters. The molecule has 0 radical (unpaired) electrons. The van der Waals surface area contributed by atoms with Crippen LogP contribution in [0.3, 0.4) is 0 Å².